The van der Waals surface area contributed by atoms with Gasteiger partial charge < -0.3 is 0 Å². The molecule has 0 aliphatic rings. The molecule has 76 valence electrons. The fourth-order valence-corrected chi connectivity index (χ4v) is 1.12. The summed E-state index contributed by atoms with van der Waals surface area (Å²) in [4.78, 5) is 10.3. The van der Waals surface area contributed by atoms with E-state index >= 15 is 0 Å². The third-order valence-corrected chi connectivity index (χ3v) is 1.84. The van der Waals surface area contributed by atoms with E-state index in [0.717, 1.165) is 6.07 Å². The molecule has 0 fully saturated rings. The minimum absolute atomic E-state index is 0.0667. The zero-order valence-corrected chi connectivity index (χ0v) is 7.79. The summed E-state index contributed by atoms with van der Waals surface area (Å²) in [5.41, 5.74) is 0.353. The van der Waals surface area contributed by atoms with Crippen molar-refractivity contribution in [1.29, 1.82) is 0 Å². The first-order valence-corrected chi connectivity index (χ1v) is 4.64. The van der Waals surface area contributed by atoms with Gasteiger partial charge in [0.25, 0.3) is 0 Å². The van der Waals surface area contributed by atoms with Crippen molar-refractivity contribution in [2.75, 3.05) is 0 Å². The van der Waals surface area contributed by atoms with Crippen molar-refractivity contribution in [3.05, 3.63) is 35.1 Å². The molecule has 0 saturated heterocycles. The Balaban J connectivity index is 2.83. The van der Waals surface area contributed by atoms with Crippen LogP contribution >= 0.6 is 0 Å². The van der Waals surface area contributed by atoms with Gasteiger partial charge in [0.05, 0.1) is 6.61 Å². The Kier molecular flexibility index (Phi) is 3.87. The minimum atomic E-state index is -2.44. The van der Waals surface area contributed by atoms with Gasteiger partial charge in [-0.2, -0.15) is 4.21 Å². The van der Waals surface area contributed by atoms with E-state index in [1.165, 1.54) is 12.1 Å². The highest BCUT2D eigenvalue weighted by molar-refractivity contribution is 7.74. The highest BCUT2D eigenvalue weighted by Gasteiger charge is 2.05. The van der Waals surface area contributed by atoms with E-state index in [9.17, 15) is 13.4 Å². The van der Waals surface area contributed by atoms with Crippen molar-refractivity contribution in [3.63, 3.8) is 0 Å². The predicted molar refractivity (Wildman–Crippen MR) is 47.3 cm³/mol. The molecule has 0 aliphatic heterocycles. The van der Waals surface area contributed by atoms with Crippen molar-refractivity contribution in [2.24, 2.45) is 0 Å². The molecule has 1 aromatic carbocycles. The average Bonchev–Trinajstić information content (AvgIpc) is 2.16. The van der Waals surface area contributed by atoms with Gasteiger partial charge in [0.2, 0.25) is 0 Å². The molecule has 0 aromatic heterocycles. The van der Waals surface area contributed by atoms with Crippen LogP contribution < -0.4 is 0 Å². The molecule has 1 atom stereocenters. The Morgan fingerprint density at radius 1 is 1.57 bits per heavy atom. The summed E-state index contributed by atoms with van der Waals surface area (Å²) in [6.45, 7) is -0.351. The molecular formula is C8H7FO4S. The van der Waals surface area contributed by atoms with Gasteiger partial charge in [-0.3, -0.25) is 13.5 Å². The van der Waals surface area contributed by atoms with E-state index in [4.69, 9.17) is 4.55 Å². The second-order valence-electron chi connectivity index (χ2n) is 2.45. The van der Waals surface area contributed by atoms with Gasteiger partial charge in [-0.15, -0.1) is 0 Å². The van der Waals surface area contributed by atoms with Gasteiger partial charge in [-0.1, -0.05) is 0 Å². The normalized spacial score (nSPS) is 12.4. The van der Waals surface area contributed by atoms with Crippen molar-refractivity contribution in [1.82, 2.24) is 0 Å². The molecule has 1 aromatic rings. The summed E-state index contributed by atoms with van der Waals surface area (Å²) in [5.74, 6) is -0.582. The molecule has 1 rings (SSSR count). The van der Waals surface area contributed by atoms with Crippen LogP contribution in [0.5, 0.6) is 0 Å². The molecule has 14 heavy (non-hydrogen) atoms. The summed E-state index contributed by atoms with van der Waals surface area (Å²) in [6.07, 6.45) is 0.554. The molecule has 1 unspecified atom stereocenters. The lowest BCUT2D eigenvalue weighted by Crippen LogP contribution is -1.99. The summed E-state index contributed by atoms with van der Waals surface area (Å²) >= 11 is -2.44. The Morgan fingerprint density at radius 3 is 2.86 bits per heavy atom. The quantitative estimate of drug-likeness (QED) is 0.611. The van der Waals surface area contributed by atoms with E-state index in [0.29, 0.717) is 6.29 Å². The van der Waals surface area contributed by atoms with Gasteiger partial charge in [0.1, 0.15) is 12.1 Å². The number of rotatable bonds is 4. The molecule has 0 heterocycles. The number of carbonyl (C=O) groups is 1. The molecule has 6 heteroatoms. The standard InChI is InChI=1S/C8H7FO4S/c9-8-2-1-6(4-10)3-7(8)5-13-14(11)12/h1-4H,5H2,(H,11,12). The number of halogens is 1. The van der Waals surface area contributed by atoms with Crippen LogP contribution in [-0.4, -0.2) is 15.0 Å². The van der Waals surface area contributed by atoms with Crippen molar-refractivity contribution < 1.29 is 22.1 Å². The number of aldehydes is 1. The Morgan fingerprint density at radius 2 is 2.29 bits per heavy atom. The molecule has 0 bridgehead atoms. The van der Waals surface area contributed by atoms with Crippen molar-refractivity contribution >= 4 is 17.6 Å². The molecule has 1 N–H and O–H groups in total. The lowest BCUT2D eigenvalue weighted by Gasteiger charge is -2.01. The Hall–Kier alpha value is -1.11. The van der Waals surface area contributed by atoms with E-state index in [2.05, 4.69) is 4.18 Å². The molecule has 0 amide bonds. The zero-order valence-electron chi connectivity index (χ0n) is 6.97. The number of carbonyl (C=O) groups excluding carboxylic acids is 1. The minimum Gasteiger partial charge on any atom is -0.298 e. The lowest BCUT2D eigenvalue weighted by molar-refractivity contribution is 0.112. The Labute approximate surface area is 82.2 Å². The van der Waals surface area contributed by atoms with E-state index in [1.54, 1.807) is 0 Å². The Bertz CT molecular complexity index is 366. The van der Waals surface area contributed by atoms with Gasteiger partial charge in [-0.25, -0.2) is 4.39 Å². The lowest BCUT2D eigenvalue weighted by atomic mass is 10.1. The van der Waals surface area contributed by atoms with Crippen LogP contribution in [0.1, 0.15) is 15.9 Å². The number of benzene rings is 1. The van der Waals surface area contributed by atoms with Gasteiger partial charge in [0.15, 0.2) is 0 Å². The maximum atomic E-state index is 13.0. The second-order valence-corrected chi connectivity index (χ2v) is 3.12. The summed E-state index contributed by atoms with van der Waals surface area (Å²) in [7, 11) is 0. The molecule has 0 saturated carbocycles. The van der Waals surface area contributed by atoms with Crippen molar-refractivity contribution in [3.8, 4) is 0 Å². The predicted octanol–water partition coefficient (Wildman–Crippen LogP) is 1.29. The van der Waals surface area contributed by atoms with Crippen molar-refractivity contribution in [2.45, 2.75) is 6.61 Å². The van der Waals surface area contributed by atoms with Gasteiger partial charge >= 0.3 is 11.4 Å². The van der Waals surface area contributed by atoms with Crippen LogP contribution in [-0.2, 0) is 22.2 Å². The molecule has 4 nitrogen and oxygen atoms in total. The number of hydrogen-bond acceptors (Lipinski definition) is 3. The SMILES string of the molecule is O=Cc1ccc(F)c(COS(=O)O)c1. The largest absolute Gasteiger partial charge is 0.302 e. The summed E-state index contributed by atoms with van der Waals surface area (Å²) in [5, 5.41) is 0. The van der Waals surface area contributed by atoms with Crippen LogP contribution in [0.15, 0.2) is 18.2 Å². The highest BCUT2D eigenvalue weighted by atomic mass is 32.2. The van der Waals surface area contributed by atoms with Crippen LogP contribution in [0.4, 0.5) is 4.39 Å². The summed E-state index contributed by atoms with van der Waals surface area (Å²) < 4.78 is 35.7. The summed E-state index contributed by atoms with van der Waals surface area (Å²) in [6, 6.07) is 3.67. The topological polar surface area (TPSA) is 63.6 Å². The maximum Gasteiger partial charge on any atom is 0.302 e. The molecular weight excluding hydrogens is 211 g/mol. The van der Waals surface area contributed by atoms with Crippen LogP contribution in [0.25, 0.3) is 0 Å². The third-order valence-electron chi connectivity index (χ3n) is 1.52. The van der Waals surface area contributed by atoms with E-state index < -0.39 is 17.2 Å². The van der Waals surface area contributed by atoms with Crippen LogP contribution in [0.2, 0.25) is 0 Å². The van der Waals surface area contributed by atoms with Crippen LogP contribution in [0, 0.1) is 5.82 Å². The molecule has 0 aliphatic carbocycles. The maximum absolute atomic E-state index is 13.0. The third kappa shape index (κ3) is 2.99. The first-order valence-electron chi connectivity index (χ1n) is 3.61. The zero-order chi connectivity index (χ0) is 10.6. The van der Waals surface area contributed by atoms with Gasteiger partial charge in [0, 0.05) is 11.1 Å². The fraction of sp³-hybridized carbons (Fsp3) is 0.125. The highest BCUT2D eigenvalue weighted by Crippen LogP contribution is 2.10. The average molecular weight is 218 g/mol. The number of hydrogen-bond donors (Lipinski definition) is 1. The smallest absolute Gasteiger partial charge is 0.298 e. The molecule has 0 spiro atoms. The first-order chi connectivity index (χ1) is 6.63. The molecule has 0 radical (unpaired) electrons. The van der Waals surface area contributed by atoms with E-state index in [1.807, 2.05) is 0 Å². The van der Waals surface area contributed by atoms with Crippen LogP contribution in [0.3, 0.4) is 0 Å². The fourth-order valence-electron chi connectivity index (χ4n) is 0.892. The second kappa shape index (κ2) is 4.94. The first kappa shape index (κ1) is 11.0. The van der Waals surface area contributed by atoms with E-state index in [-0.39, 0.29) is 17.7 Å². The monoisotopic (exact) mass is 218 g/mol. The van der Waals surface area contributed by atoms with Gasteiger partial charge in [-0.05, 0) is 18.2 Å².